The van der Waals surface area contributed by atoms with E-state index in [9.17, 15) is 24.1 Å². The average Bonchev–Trinajstić information content (AvgIpc) is 2.83. The number of hydrogen-bond donors (Lipinski definition) is 2. The van der Waals surface area contributed by atoms with E-state index in [1.54, 1.807) is 32.2 Å². The Morgan fingerprint density at radius 2 is 1.94 bits per heavy atom. The molecule has 1 aromatic heterocycles. The number of nitro benzene ring substituents is 1. The number of hydrogen-bond acceptors (Lipinski definition) is 6. The van der Waals surface area contributed by atoms with Crippen molar-refractivity contribution in [3.8, 4) is 0 Å². The second-order valence-electron chi connectivity index (χ2n) is 8.58. The number of nitro groups is 1. The highest BCUT2D eigenvalue weighted by Gasteiger charge is 2.15. The molecule has 0 unspecified atom stereocenters. The van der Waals surface area contributed by atoms with Crippen molar-refractivity contribution in [1.29, 1.82) is 0 Å². The molecule has 0 radical (unpaired) electrons. The standard InChI is InChI=1S/C26H24FN5O4/c1-15-9-24-22(26(34)30-16(2)29-24)11-18(15)14-31(3)19-7-8-21(23(27)12-19)25(33)28-13-17-5-4-6-20(10-17)32(35)36/h4-12H,13-14H2,1-3H3,(H,28,33)(H,29,30,34). The first-order valence-electron chi connectivity index (χ1n) is 11.1. The van der Waals surface area contributed by atoms with Crippen molar-refractivity contribution >= 4 is 28.2 Å². The third kappa shape index (κ3) is 5.22. The van der Waals surface area contributed by atoms with Crippen LogP contribution in [0.3, 0.4) is 0 Å². The van der Waals surface area contributed by atoms with E-state index in [1.165, 1.54) is 30.3 Å². The first-order chi connectivity index (χ1) is 17.1. The fraction of sp³-hybridized carbons (Fsp3) is 0.192. The lowest BCUT2D eigenvalue weighted by molar-refractivity contribution is -0.384. The molecule has 0 fully saturated rings. The number of aryl methyl sites for hydroxylation is 2. The molecule has 0 spiro atoms. The number of rotatable bonds is 7. The van der Waals surface area contributed by atoms with Crippen LogP contribution in [0.25, 0.3) is 10.9 Å². The van der Waals surface area contributed by atoms with Gasteiger partial charge in [-0.15, -0.1) is 0 Å². The van der Waals surface area contributed by atoms with E-state index in [1.807, 2.05) is 17.9 Å². The molecule has 4 aromatic rings. The van der Waals surface area contributed by atoms with Crippen LogP contribution in [-0.4, -0.2) is 27.8 Å². The number of H-pyrrole nitrogens is 1. The molecule has 9 nitrogen and oxygen atoms in total. The monoisotopic (exact) mass is 489 g/mol. The zero-order chi connectivity index (χ0) is 26.0. The van der Waals surface area contributed by atoms with Crippen LogP contribution in [0.5, 0.6) is 0 Å². The van der Waals surface area contributed by atoms with Crippen LogP contribution in [0.1, 0.15) is 32.9 Å². The van der Waals surface area contributed by atoms with Crippen molar-refractivity contribution in [3.63, 3.8) is 0 Å². The van der Waals surface area contributed by atoms with Crippen molar-refractivity contribution < 1.29 is 14.1 Å². The minimum atomic E-state index is -0.692. The summed E-state index contributed by atoms with van der Waals surface area (Å²) in [6, 6.07) is 13.8. The van der Waals surface area contributed by atoms with Crippen molar-refractivity contribution in [2.75, 3.05) is 11.9 Å². The molecule has 0 saturated carbocycles. The smallest absolute Gasteiger partial charge is 0.269 e. The summed E-state index contributed by atoms with van der Waals surface area (Å²) in [4.78, 5) is 44.1. The van der Waals surface area contributed by atoms with Crippen molar-refractivity contribution in [1.82, 2.24) is 15.3 Å². The molecule has 1 heterocycles. The van der Waals surface area contributed by atoms with Crippen LogP contribution in [0.15, 0.2) is 59.4 Å². The predicted molar refractivity (Wildman–Crippen MR) is 135 cm³/mol. The van der Waals surface area contributed by atoms with Gasteiger partial charge in [0.05, 0.1) is 21.4 Å². The maximum Gasteiger partial charge on any atom is 0.269 e. The van der Waals surface area contributed by atoms with Gasteiger partial charge in [0.25, 0.3) is 17.2 Å². The lowest BCUT2D eigenvalue weighted by Gasteiger charge is -2.21. The molecular formula is C26H24FN5O4. The first kappa shape index (κ1) is 24.5. The molecule has 0 saturated heterocycles. The number of nitrogens with zero attached hydrogens (tertiary/aromatic N) is 3. The number of aromatic amines is 1. The van der Waals surface area contributed by atoms with Gasteiger partial charge in [0.2, 0.25) is 0 Å². The maximum atomic E-state index is 14.8. The number of non-ortho nitro benzene ring substituents is 1. The Morgan fingerprint density at radius 1 is 1.17 bits per heavy atom. The quantitative estimate of drug-likeness (QED) is 0.297. The van der Waals surface area contributed by atoms with Gasteiger partial charge in [-0.3, -0.25) is 19.7 Å². The van der Waals surface area contributed by atoms with Gasteiger partial charge < -0.3 is 15.2 Å². The van der Waals surface area contributed by atoms with E-state index < -0.39 is 16.6 Å². The van der Waals surface area contributed by atoms with Crippen LogP contribution in [-0.2, 0) is 13.1 Å². The second kappa shape index (κ2) is 9.95. The number of amides is 1. The zero-order valence-electron chi connectivity index (χ0n) is 20.0. The topological polar surface area (TPSA) is 121 Å². The number of benzene rings is 3. The van der Waals surface area contributed by atoms with E-state index in [0.717, 1.165) is 11.1 Å². The summed E-state index contributed by atoms with van der Waals surface area (Å²) in [5.41, 5.74) is 3.11. The SMILES string of the molecule is Cc1nc2cc(C)c(CN(C)c3ccc(C(=O)NCc4cccc([N+](=O)[O-])c4)c(F)c3)cc2c(=O)[nH]1. The van der Waals surface area contributed by atoms with E-state index in [4.69, 9.17) is 0 Å². The molecule has 0 atom stereocenters. The number of carbonyl (C=O) groups is 1. The third-order valence-electron chi connectivity index (χ3n) is 5.90. The molecule has 36 heavy (non-hydrogen) atoms. The molecule has 0 aliphatic heterocycles. The van der Waals surface area contributed by atoms with Crippen LogP contribution >= 0.6 is 0 Å². The van der Waals surface area contributed by atoms with Gasteiger partial charge >= 0.3 is 0 Å². The number of aromatic nitrogens is 2. The Morgan fingerprint density at radius 3 is 2.67 bits per heavy atom. The Labute approximate surface area is 205 Å². The van der Waals surface area contributed by atoms with Crippen molar-refractivity contribution in [2.24, 2.45) is 0 Å². The summed E-state index contributed by atoms with van der Waals surface area (Å²) in [7, 11) is 1.79. The van der Waals surface area contributed by atoms with Crippen LogP contribution < -0.4 is 15.8 Å². The molecule has 10 heteroatoms. The van der Waals surface area contributed by atoms with Gasteiger partial charge in [-0.2, -0.15) is 0 Å². The minimum Gasteiger partial charge on any atom is -0.370 e. The predicted octanol–water partition coefficient (Wildman–Crippen LogP) is 4.15. The molecule has 0 aliphatic rings. The molecular weight excluding hydrogens is 465 g/mol. The van der Waals surface area contributed by atoms with Crippen molar-refractivity contribution in [2.45, 2.75) is 26.9 Å². The highest BCUT2D eigenvalue weighted by Crippen LogP contribution is 2.23. The molecule has 4 rings (SSSR count). The maximum absolute atomic E-state index is 14.8. The summed E-state index contributed by atoms with van der Waals surface area (Å²) >= 11 is 0. The van der Waals surface area contributed by atoms with Crippen LogP contribution in [0, 0.1) is 29.8 Å². The molecule has 184 valence electrons. The zero-order valence-corrected chi connectivity index (χ0v) is 20.0. The van der Waals surface area contributed by atoms with Gasteiger partial charge in [0.1, 0.15) is 11.6 Å². The Balaban J connectivity index is 1.48. The highest BCUT2D eigenvalue weighted by atomic mass is 19.1. The number of halogens is 1. The average molecular weight is 490 g/mol. The highest BCUT2D eigenvalue weighted by molar-refractivity contribution is 5.94. The summed E-state index contributed by atoms with van der Waals surface area (Å²) in [5.74, 6) is -0.774. The fourth-order valence-electron chi connectivity index (χ4n) is 3.95. The van der Waals surface area contributed by atoms with Gasteiger partial charge in [-0.05, 0) is 60.9 Å². The molecule has 3 aromatic carbocycles. The minimum absolute atomic E-state index is 0.0242. The van der Waals surface area contributed by atoms with Gasteiger partial charge in [-0.25, -0.2) is 9.37 Å². The molecule has 0 bridgehead atoms. The summed E-state index contributed by atoms with van der Waals surface area (Å²) in [5, 5.41) is 14.0. The lowest BCUT2D eigenvalue weighted by Crippen LogP contribution is -2.24. The molecule has 2 N–H and O–H groups in total. The van der Waals surface area contributed by atoms with E-state index >= 15 is 0 Å². The van der Waals surface area contributed by atoms with Crippen molar-refractivity contribution in [3.05, 3.63) is 109 Å². The summed E-state index contributed by atoms with van der Waals surface area (Å²) in [6.45, 7) is 4.09. The van der Waals surface area contributed by atoms with Gasteiger partial charge in [0.15, 0.2) is 0 Å². The van der Waals surface area contributed by atoms with E-state index in [-0.39, 0.29) is 23.4 Å². The van der Waals surface area contributed by atoms with Gasteiger partial charge in [0, 0.05) is 38.0 Å². The summed E-state index contributed by atoms with van der Waals surface area (Å²) < 4.78 is 14.8. The molecule has 0 aliphatic carbocycles. The number of anilines is 1. The Hall–Kier alpha value is -4.60. The summed E-state index contributed by atoms with van der Waals surface area (Å²) in [6.07, 6.45) is 0. The number of fused-ring (bicyclic) bond motifs is 1. The van der Waals surface area contributed by atoms with Gasteiger partial charge in [-0.1, -0.05) is 12.1 Å². The number of carbonyl (C=O) groups excluding carboxylic acids is 1. The molecule has 1 amide bonds. The first-order valence-corrected chi connectivity index (χ1v) is 11.1. The second-order valence-corrected chi connectivity index (χ2v) is 8.58. The van der Waals surface area contributed by atoms with E-state index in [2.05, 4.69) is 15.3 Å². The third-order valence-corrected chi connectivity index (χ3v) is 5.90. The lowest BCUT2D eigenvalue weighted by atomic mass is 10.0. The Kier molecular flexibility index (Phi) is 6.77. The largest absolute Gasteiger partial charge is 0.370 e. The van der Waals surface area contributed by atoms with Crippen LogP contribution in [0.2, 0.25) is 0 Å². The normalized spacial score (nSPS) is 10.9. The van der Waals surface area contributed by atoms with Crippen LogP contribution in [0.4, 0.5) is 15.8 Å². The fourth-order valence-corrected chi connectivity index (χ4v) is 3.95. The number of nitrogens with one attached hydrogen (secondary N) is 2. The van der Waals surface area contributed by atoms with E-state index in [0.29, 0.717) is 34.5 Å². The Bertz CT molecular complexity index is 1550.